The molecule has 6 heteroatoms. The molecule has 0 radical (unpaired) electrons. The first-order valence-corrected chi connectivity index (χ1v) is 7.33. The number of carbonyl (C=O) groups excluding carboxylic acids is 1. The first-order valence-electron chi connectivity index (χ1n) is 6.95. The molecule has 1 aliphatic heterocycles. The van der Waals surface area contributed by atoms with Gasteiger partial charge in [0.05, 0.1) is 13.2 Å². The van der Waals surface area contributed by atoms with Gasteiger partial charge in [-0.2, -0.15) is 0 Å². The summed E-state index contributed by atoms with van der Waals surface area (Å²) in [6.07, 6.45) is -0.141. The van der Waals surface area contributed by atoms with Gasteiger partial charge in [0.2, 0.25) is 5.91 Å². The van der Waals surface area contributed by atoms with Crippen LogP contribution in [0, 0.1) is 5.92 Å². The van der Waals surface area contributed by atoms with E-state index in [0.717, 1.165) is 12.0 Å². The van der Waals surface area contributed by atoms with Crippen molar-refractivity contribution in [1.29, 1.82) is 0 Å². The SMILES string of the molecule is O=C(O)[C@@H]1CN(C(=O)[C@H]2C[C@H]2c2ccccc2Cl)CCO1. The summed E-state index contributed by atoms with van der Waals surface area (Å²) in [6, 6.07) is 7.55. The van der Waals surface area contributed by atoms with Crippen molar-refractivity contribution in [3.05, 3.63) is 34.9 Å². The van der Waals surface area contributed by atoms with E-state index in [2.05, 4.69) is 0 Å². The summed E-state index contributed by atoms with van der Waals surface area (Å²) in [5.41, 5.74) is 1.00. The maximum Gasteiger partial charge on any atom is 0.334 e. The maximum atomic E-state index is 12.5. The maximum absolute atomic E-state index is 12.5. The first-order chi connectivity index (χ1) is 10.1. The van der Waals surface area contributed by atoms with E-state index in [1.807, 2.05) is 24.3 Å². The molecule has 5 nitrogen and oxygen atoms in total. The van der Waals surface area contributed by atoms with Crippen molar-refractivity contribution in [1.82, 2.24) is 4.90 Å². The number of amides is 1. The second-order valence-electron chi connectivity index (χ2n) is 5.45. The summed E-state index contributed by atoms with van der Waals surface area (Å²) < 4.78 is 5.14. The Balaban J connectivity index is 1.65. The molecule has 1 aromatic rings. The number of ether oxygens (including phenoxy) is 1. The lowest BCUT2D eigenvalue weighted by molar-refractivity contribution is -0.159. The highest BCUT2D eigenvalue weighted by Gasteiger charge is 2.47. The molecule has 21 heavy (non-hydrogen) atoms. The lowest BCUT2D eigenvalue weighted by Gasteiger charge is -2.31. The lowest BCUT2D eigenvalue weighted by Crippen LogP contribution is -2.49. The number of halogens is 1. The average molecular weight is 310 g/mol. The smallest absolute Gasteiger partial charge is 0.334 e. The fourth-order valence-corrected chi connectivity index (χ4v) is 3.10. The normalized spacial score (nSPS) is 28.2. The minimum Gasteiger partial charge on any atom is -0.479 e. The predicted octanol–water partition coefficient (Wildman–Crippen LogP) is 1.76. The molecule has 0 aromatic heterocycles. The van der Waals surface area contributed by atoms with Crippen LogP contribution in [-0.2, 0) is 14.3 Å². The van der Waals surface area contributed by atoms with Gasteiger partial charge < -0.3 is 14.7 Å². The van der Waals surface area contributed by atoms with E-state index >= 15 is 0 Å². The van der Waals surface area contributed by atoms with Crippen LogP contribution in [-0.4, -0.2) is 47.7 Å². The Morgan fingerprint density at radius 3 is 2.81 bits per heavy atom. The summed E-state index contributed by atoms with van der Waals surface area (Å²) in [5, 5.41) is 9.66. The Morgan fingerprint density at radius 1 is 1.33 bits per heavy atom. The number of benzene rings is 1. The molecule has 1 saturated heterocycles. The van der Waals surface area contributed by atoms with Gasteiger partial charge in [0.25, 0.3) is 0 Å². The van der Waals surface area contributed by atoms with Crippen LogP contribution >= 0.6 is 11.6 Å². The molecule has 1 amide bonds. The van der Waals surface area contributed by atoms with Crippen LogP contribution in [0.3, 0.4) is 0 Å². The quantitative estimate of drug-likeness (QED) is 0.924. The summed E-state index contributed by atoms with van der Waals surface area (Å²) in [6.45, 7) is 0.848. The number of carboxylic acid groups (broad SMARTS) is 1. The molecule has 3 atom stereocenters. The third-order valence-electron chi connectivity index (χ3n) is 4.07. The van der Waals surface area contributed by atoms with Crippen LogP contribution < -0.4 is 0 Å². The summed E-state index contributed by atoms with van der Waals surface area (Å²) in [4.78, 5) is 25.0. The molecule has 1 heterocycles. The van der Waals surface area contributed by atoms with Gasteiger partial charge in [-0.1, -0.05) is 29.8 Å². The topological polar surface area (TPSA) is 66.8 Å². The molecule has 0 unspecified atom stereocenters. The zero-order chi connectivity index (χ0) is 15.0. The summed E-state index contributed by atoms with van der Waals surface area (Å²) >= 11 is 6.16. The van der Waals surface area contributed by atoms with Crippen molar-refractivity contribution in [2.75, 3.05) is 19.7 Å². The van der Waals surface area contributed by atoms with Gasteiger partial charge in [-0.3, -0.25) is 4.79 Å². The van der Waals surface area contributed by atoms with E-state index in [0.29, 0.717) is 11.6 Å². The molecule has 1 N–H and O–H groups in total. The number of carboxylic acids is 1. The third-order valence-corrected chi connectivity index (χ3v) is 4.41. The van der Waals surface area contributed by atoms with E-state index in [4.69, 9.17) is 21.4 Å². The standard InChI is InChI=1S/C15H16ClNO4/c16-12-4-2-1-3-9(12)10-7-11(10)14(18)17-5-6-21-13(8-17)15(19)20/h1-4,10-11,13H,5-8H2,(H,19,20)/t10-,11-,13-/m0/s1. The number of aliphatic carboxylic acids is 1. The predicted molar refractivity (Wildman–Crippen MR) is 76.3 cm³/mol. The summed E-state index contributed by atoms with van der Waals surface area (Å²) in [5.74, 6) is -0.949. The molecule has 112 valence electrons. The molecular weight excluding hydrogens is 294 g/mol. The summed E-state index contributed by atoms with van der Waals surface area (Å²) in [7, 11) is 0. The van der Waals surface area contributed by atoms with Gasteiger partial charge in [-0.15, -0.1) is 0 Å². The van der Waals surface area contributed by atoms with Crippen molar-refractivity contribution >= 4 is 23.5 Å². The Kier molecular flexibility index (Phi) is 3.87. The van der Waals surface area contributed by atoms with Crippen LogP contribution in [0.25, 0.3) is 0 Å². The van der Waals surface area contributed by atoms with Crippen LogP contribution in [0.4, 0.5) is 0 Å². The van der Waals surface area contributed by atoms with Crippen LogP contribution in [0.2, 0.25) is 5.02 Å². The van der Waals surface area contributed by atoms with Gasteiger partial charge in [0.15, 0.2) is 6.10 Å². The van der Waals surface area contributed by atoms with Crippen molar-refractivity contribution in [2.24, 2.45) is 5.92 Å². The highest BCUT2D eigenvalue weighted by atomic mass is 35.5. The largest absolute Gasteiger partial charge is 0.479 e. The Bertz CT molecular complexity index is 577. The van der Waals surface area contributed by atoms with Crippen LogP contribution in [0.5, 0.6) is 0 Å². The van der Waals surface area contributed by atoms with Gasteiger partial charge in [0.1, 0.15) is 0 Å². The zero-order valence-corrected chi connectivity index (χ0v) is 12.1. The number of hydrogen-bond donors (Lipinski definition) is 1. The number of nitrogens with zero attached hydrogens (tertiary/aromatic N) is 1. The van der Waals surface area contributed by atoms with Gasteiger partial charge in [-0.05, 0) is 24.0 Å². The van der Waals surface area contributed by atoms with Crippen molar-refractivity contribution < 1.29 is 19.4 Å². The Morgan fingerprint density at radius 2 is 2.10 bits per heavy atom. The molecule has 1 aliphatic carbocycles. The molecule has 3 rings (SSSR count). The van der Waals surface area contributed by atoms with Crippen molar-refractivity contribution in [3.63, 3.8) is 0 Å². The monoisotopic (exact) mass is 309 g/mol. The van der Waals surface area contributed by atoms with E-state index < -0.39 is 12.1 Å². The number of rotatable bonds is 3. The van der Waals surface area contributed by atoms with Gasteiger partial charge >= 0.3 is 5.97 Å². The van der Waals surface area contributed by atoms with Gasteiger partial charge in [0, 0.05) is 17.5 Å². The van der Waals surface area contributed by atoms with E-state index in [1.54, 1.807) is 4.90 Å². The van der Waals surface area contributed by atoms with Crippen LogP contribution in [0.15, 0.2) is 24.3 Å². The minimum atomic E-state index is -1.02. The molecule has 2 aliphatic rings. The zero-order valence-electron chi connectivity index (χ0n) is 11.4. The van der Waals surface area contributed by atoms with E-state index in [-0.39, 0.29) is 30.9 Å². The van der Waals surface area contributed by atoms with Crippen molar-refractivity contribution in [3.8, 4) is 0 Å². The molecular formula is C15H16ClNO4. The Hall–Kier alpha value is -1.59. The molecule has 1 aromatic carbocycles. The second-order valence-corrected chi connectivity index (χ2v) is 5.86. The molecule has 1 saturated carbocycles. The van der Waals surface area contributed by atoms with Gasteiger partial charge in [-0.25, -0.2) is 4.79 Å². The average Bonchev–Trinajstić information content (AvgIpc) is 3.27. The fraction of sp³-hybridized carbons (Fsp3) is 0.467. The van der Waals surface area contributed by atoms with Crippen molar-refractivity contribution in [2.45, 2.75) is 18.4 Å². The van der Waals surface area contributed by atoms with Crippen LogP contribution in [0.1, 0.15) is 17.9 Å². The molecule has 0 bridgehead atoms. The third kappa shape index (κ3) is 2.89. The minimum absolute atomic E-state index is 0.00877. The number of hydrogen-bond acceptors (Lipinski definition) is 3. The highest BCUT2D eigenvalue weighted by Crippen LogP contribution is 2.50. The number of morpholine rings is 1. The molecule has 0 spiro atoms. The highest BCUT2D eigenvalue weighted by molar-refractivity contribution is 6.31. The lowest BCUT2D eigenvalue weighted by atomic mass is 10.1. The van der Waals surface area contributed by atoms with E-state index in [1.165, 1.54) is 0 Å². The second kappa shape index (κ2) is 5.66. The van der Waals surface area contributed by atoms with E-state index in [9.17, 15) is 9.59 Å². The molecule has 2 fully saturated rings. The fourth-order valence-electron chi connectivity index (χ4n) is 2.82. The first kappa shape index (κ1) is 14.4. The number of carbonyl (C=O) groups is 2. The Labute approximate surface area is 127 Å².